The maximum absolute atomic E-state index is 6.36. The molecule has 2 aromatic carbocycles. The molecule has 0 aliphatic heterocycles. The average Bonchev–Trinajstić information content (AvgIpc) is 2.70. The molecule has 0 saturated heterocycles. The van der Waals surface area contributed by atoms with Crippen molar-refractivity contribution >= 4 is 65.3 Å². The van der Waals surface area contributed by atoms with E-state index in [9.17, 15) is 0 Å². The van der Waals surface area contributed by atoms with Gasteiger partial charge in [-0.2, -0.15) is 0 Å². The van der Waals surface area contributed by atoms with Crippen molar-refractivity contribution in [3.63, 3.8) is 0 Å². The zero-order valence-electron chi connectivity index (χ0n) is 16.8. The molecule has 3 N–H and O–H groups in total. The van der Waals surface area contributed by atoms with Gasteiger partial charge in [-0.25, -0.2) is 9.97 Å². The summed E-state index contributed by atoms with van der Waals surface area (Å²) in [6.07, 6.45) is 8.49. The van der Waals surface area contributed by atoms with Crippen LogP contribution in [0.2, 0.25) is 5.02 Å². The van der Waals surface area contributed by atoms with Crippen LogP contribution in [0.4, 0.5) is 5.82 Å². The van der Waals surface area contributed by atoms with Gasteiger partial charge in [0.1, 0.15) is 5.82 Å². The van der Waals surface area contributed by atoms with E-state index in [1.54, 1.807) is 0 Å². The van der Waals surface area contributed by atoms with E-state index in [0.717, 1.165) is 40.1 Å². The van der Waals surface area contributed by atoms with Crippen LogP contribution in [0.15, 0.2) is 42.5 Å². The molecule has 0 radical (unpaired) electrons. The Morgan fingerprint density at radius 2 is 1.73 bits per heavy atom. The number of aryl methyl sites for hydroxylation is 1. The van der Waals surface area contributed by atoms with Crippen LogP contribution < -0.4 is 11.1 Å². The Kier molecular flexibility index (Phi) is 8.92. The third-order valence-corrected chi connectivity index (χ3v) is 5.56. The number of rotatable bonds is 4. The van der Waals surface area contributed by atoms with Crippen LogP contribution >= 0.6 is 36.4 Å². The Morgan fingerprint density at radius 3 is 2.47 bits per heavy atom. The van der Waals surface area contributed by atoms with Crippen LogP contribution in [0.3, 0.4) is 0 Å². The van der Waals surface area contributed by atoms with Gasteiger partial charge in [-0.1, -0.05) is 54.3 Å². The molecule has 2 atom stereocenters. The van der Waals surface area contributed by atoms with E-state index in [2.05, 4.69) is 30.4 Å². The molecule has 1 fully saturated rings. The van der Waals surface area contributed by atoms with Crippen molar-refractivity contribution in [3.05, 3.63) is 64.4 Å². The van der Waals surface area contributed by atoms with Crippen LogP contribution in [-0.4, -0.2) is 22.1 Å². The number of nitrogens with two attached hydrogens (primary N) is 1. The largest absolute Gasteiger partial charge is 0.365 e. The molecular weight excluding hydrogens is 439 g/mol. The molecule has 1 aromatic heterocycles. The summed E-state index contributed by atoms with van der Waals surface area (Å²) in [6, 6.07) is 14.4. The molecule has 30 heavy (non-hydrogen) atoms. The van der Waals surface area contributed by atoms with E-state index in [1.165, 1.54) is 18.4 Å². The lowest BCUT2D eigenvalue weighted by Crippen LogP contribution is -2.42. The predicted octanol–water partition coefficient (Wildman–Crippen LogP) is 6.29. The Labute approximate surface area is 195 Å². The molecule has 1 aliphatic rings. The van der Waals surface area contributed by atoms with E-state index < -0.39 is 0 Å². The number of anilines is 1. The van der Waals surface area contributed by atoms with E-state index in [1.807, 2.05) is 36.4 Å². The van der Waals surface area contributed by atoms with Gasteiger partial charge in [0.25, 0.3) is 0 Å². The number of hydrogen-bond donors (Lipinski definition) is 2. The second-order valence-electron chi connectivity index (χ2n) is 7.54. The van der Waals surface area contributed by atoms with Gasteiger partial charge >= 0.3 is 0 Å². The van der Waals surface area contributed by atoms with Gasteiger partial charge in [0.2, 0.25) is 0 Å². The normalized spacial score (nSPS) is 18.6. The van der Waals surface area contributed by atoms with Crippen LogP contribution in [0.25, 0.3) is 23.1 Å². The average molecular weight is 466 g/mol. The summed E-state index contributed by atoms with van der Waals surface area (Å²) in [5.74, 6) is 1.55. The highest BCUT2D eigenvalue weighted by Gasteiger charge is 2.22. The topological polar surface area (TPSA) is 63.8 Å². The summed E-state index contributed by atoms with van der Waals surface area (Å²) >= 11 is 5.96. The zero-order valence-corrected chi connectivity index (χ0v) is 19.2. The van der Waals surface area contributed by atoms with Gasteiger partial charge in [-0.3, -0.25) is 0 Å². The van der Waals surface area contributed by atoms with E-state index >= 15 is 0 Å². The second-order valence-corrected chi connectivity index (χ2v) is 7.97. The maximum Gasteiger partial charge on any atom is 0.154 e. The number of nitrogens with zero attached hydrogens (tertiary/aromatic N) is 2. The molecular formula is C23H27Cl3N4. The summed E-state index contributed by atoms with van der Waals surface area (Å²) in [5.41, 5.74) is 9.54. The highest BCUT2D eigenvalue weighted by molar-refractivity contribution is 6.30. The van der Waals surface area contributed by atoms with E-state index in [-0.39, 0.29) is 36.9 Å². The van der Waals surface area contributed by atoms with Gasteiger partial charge in [-0.05, 0) is 55.7 Å². The number of nitrogens with one attached hydrogen (secondary N) is 1. The van der Waals surface area contributed by atoms with Gasteiger partial charge in [-0.15, -0.1) is 24.8 Å². The van der Waals surface area contributed by atoms with Gasteiger partial charge in [0.05, 0.1) is 5.52 Å². The maximum atomic E-state index is 6.36. The van der Waals surface area contributed by atoms with Crippen molar-refractivity contribution in [3.8, 4) is 0 Å². The van der Waals surface area contributed by atoms with E-state index in [0.29, 0.717) is 5.82 Å². The third-order valence-electron chi connectivity index (χ3n) is 5.30. The number of halogens is 3. The number of aromatic nitrogens is 2. The lowest BCUT2D eigenvalue weighted by Gasteiger charge is -2.30. The Hall–Kier alpha value is -1.85. The molecule has 1 saturated carbocycles. The summed E-state index contributed by atoms with van der Waals surface area (Å²) in [4.78, 5) is 9.54. The molecule has 4 nitrogen and oxygen atoms in total. The molecule has 0 amide bonds. The first-order valence-corrected chi connectivity index (χ1v) is 10.2. The monoisotopic (exact) mass is 464 g/mol. The van der Waals surface area contributed by atoms with Crippen LogP contribution in [0.5, 0.6) is 0 Å². The summed E-state index contributed by atoms with van der Waals surface area (Å²) < 4.78 is 0. The number of fused-ring (bicyclic) bond motifs is 1. The Balaban J connectivity index is 0.00000160. The highest BCUT2D eigenvalue weighted by Crippen LogP contribution is 2.26. The third kappa shape index (κ3) is 5.86. The molecule has 3 aromatic rings. The van der Waals surface area contributed by atoms with E-state index in [4.69, 9.17) is 27.3 Å². The summed E-state index contributed by atoms with van der Waals surface area (Å²) in [6.45, 7) is 2.09. The second kappa shape index (κ2) is 11.0. The fourth-order valence-electron chi connectivity index (χ4n) is 3.70. The summed E-state index contributed by atoms with van der Waals surface area (Å²) in [7, 11) is 0. The minimum Gasteiger partial charge on any atom is -0.365 e. The van der Waals surface area contributed by atoms with Crippen molar-refractivity contribution in [2.45, 2.75) is 44.7 Å². The van der Waals surface area contributed by atoms with Crippen LogP contribution in [-0.2, 0) is 0 Å². The highest BCUT2D eigenvalue weighted by atomic mass is 35.5. The SMILES string of the molecule is Cc1ccc2nc(/C=C\c3ccc(Cl)cc3)nc(NC3CCCCC3N)c2c1.Cl.Cl. The van der Waals surface area contributed by atoms with Crippen LogP contribution in [0, 0.1) is 6.92 Å². The first-order chi connectivity index (χ1) is 13.6. The molecule has 4 rings (SSSR count). The first kappa shape index (κ1) is 24.4. The van der Waals surface area contributed by atoms with Crippen molar-refractivity contribution in [1.29, 1.82) is 0 Å². The predicted molar refractivity (Wildman–Crippen MR) is 133 cm³/mol. The minimum absolute atomic E-state index is 0. The Bertz CT molecular complexity index is 1010. The fraction of sp³-hybridized carbons (Fsp3) is 0.304. The Morgan fingerprint density at radius 1 is 1.00 bits per heavy atom. The van der Waals surface area contributed by atoms with Crippen molar-refractivity contribution in [2.75, 3.05) is 5.32 Å². The van der Waals surface area contributed by atoms with Gasteiger partial charge in [0, 0.05) is 22.5 Å². The van der Waals surface area contributed by atoms with Gasteiger partial charge < -0.3 is 11.1 Å². The fourth-order valence-corrected chi connectivity index (χ4v) is 3.83. The molecule has 160 valence electrons. The molecule has 0 spiro atoms. The molecule has 0 bridgehead atoms. The smallest absolute Gasteiger partial charge is 0.154 e. The minimum atomic E-state index is 0. The quantitative estimate of drug-likeness (QED) is 0.475. The lowest BCUT2D eigenvalue weighted by atomic mass is 9.91. The molecule has 1 heterocycles. The number of benzene rings is 2. The summed E-state index contributed by atoms with van der Waals surface area (Å²) in [5, 5.41) is 5.39. The molecule has 1 aliphatic carbocycles. The van der Waals surface area contributed by atoms with Crippen molar-refractivity contribution in [1.82, 2.24) is 9.97 Å². The lowest BCUT2D eigenvalue weighted by molar-refractivity contribution is 0.403. The van der Waals surface area contributed by atoms with Crippen LogP contribution in [0.1, 0.15) is 42.6 Å². The number of hydrogen-bond acceptors (Lipinski definition) is 4. The zero-order chi connectivity index (χ0) is 19.5. The molecule has 7 heteroatoms. The van der Waals surface area contributed by atoms with Crippen molar-refractivity contribution < 1.29 is 0 Å². The van der Waals surface area contributed by atoms with Crippen molar-refractivity contribution in [2.24, 2.45) is 5.73 Å². The van der Waals surface area contributed by atoms with Gasteiger partial charge in [0.15, 0.2) is 5.82 Å². The molecule has 2 unspecified atom stereocenters. The first-order valence-electron chi connectivity index (χ1n) is 9.83. The standard InChI is InChI=1S/C23H25ClN4.2ClH/c1-15-6-12-20-18(14-15)23(27-21-5-3-2-4-19(21)25)28-22(26-20)13-9-16-7-10-17(24)11-8-16;;/h6-14,19,21H,2-5,25H2,1H3,(H,26,27,28);2*1H/b13-9-;;.